The van der Waals surface area contributed by atoms with Gasteiger partial charge in [0.1, 0.15) is 17.3 Å². The first-order chi connectivity index (χ1) is 15.4. The third-order valence-electron chi connectivity index (χ3n) is 4.06. The number of aromatic carboxylic acids is 1. The molecule has 3 rings (SSSR count). The van der Waals surface area contributed by atoms with Crippen LogP contribution in [-0.4, -0.2) is 42.3 Å². The number of carbonyl (C=O) groups is 3. The Morgan fingerprint density at radius 2 is 1.78 bits per heavy atom. The van der Waals surface area contributed by atoms with E-state index >= 15 is 0 Å². The molecule has 1 heterocycles. The molecule has 0 unspecified atom stereocenters. The van der Waals surface area contributed by atoms with Crippen molar-refractivity contribution in [2.24, 2.45) is 5.10 Å². The van der Waals surface area contributed by atoms with Crippen molar-refractivity contribution in [3.05, 3.63) is 77.0 Å². The lowest BCUT2D eigenvalue weighted by Crippen LogP contribution is -2.37. The molecule has 0 aliphatic rings. The van der Waals surface area contributed by atoms with Crippen molar-refractivity contribution in [1.29, 1.82) is 0 Å². The molecule has 0 atom stereocenters. The van der Waals surface area contributed by atoms with Crippen LogP contribution in [0.5, 0.6) is 5.75 Å². The number of carbonyl (C=O) groups excluding carboxylic acids is 2. The molecular formula is C22H18ClN3O6. The second-order valence-corrected chi connectivity index (χ2v) is 6.80. The number of nitrogens with zero attached hydrogens (tertiary/aromatic N) is 1. The van der Waals surface area contributed by atoms with Gasteiger partial charge >= 0.3 is 5.97 Å². The van der Waals surface area contributed by atoms with Crippen LogP contribution in [0.3, 0.4) is 0 Å². The van der Waals surface area contributed by atoms with Crippen molar-refractivity contribution in [3.8, 4) is 17.1 Å². The number of rotatable bonds is 9. The molecule has 0 saturated carbocycles. The number of nitrogens with one attached hydrogen (secondary N) is 2. The zero-order chi connectivity index (χ0) is 22.9. The normalized spacial score (nSPS) is 10.7. The van der Waals surface area contributed by atoms with Crippen molar-refractivity contribution in [2.45, 2.75) is 0 Å². The number of hydrogen-bond acceptors (Lipinski definition) is 6. The van der Waals surface area contributed by atoms with Crippen LogP contribution < -0.4 is 15.5 Å². The zero-order valence-corrected chi connectivity index (χ0v) is 17.3. The molecule has 3 N–H and O–H groups in total. The van der Waals surface area contributed by atoms with Crippen molar-refractivity contribution in [1.82, 2.24) is 10.7 Å². The maximum Gasteiger partial charge on any atom is 0.336 e. The molecule has 3 aromatic rings. The predicted octanol–water partition coefficient (Wildman–Crippen LogP) is 2.94. The molecule has 0 radical (unpaired) electrons. The molecule has 0 saturated heterocycles. The average Bonchev–Trinajstić information content (AvgIpc) is 3.26. The van der Waals surface area contributed by atoms with Crippen LogP contribution in [0.2, 0.25) is 5.02 Å². The molecule has 164 valence electrons. The fraction of sp³-hybridized carbons (Fsp3) is 0.0909. The predicted molar refractivity (Wildman–Crippen MR) is 117 cm³/mol. The Bertz CT molecular complexity index is 1140. The Morgan fingerprint density at radius 1 is 1.03 bits per heavy atom. The van der Waals surface area contributed by atoms with Crippen molar-refractivity contribution >= 4 is 35.6 Å². The van der Waals surface area contributed by atoms with Gasteiger partial charge in [-0.2, -0.15) is 5.10 Å². The summed E-state index contributed by atoms with van der Waals surface area (Å²) in [5, 5.41) is 16.0. The van der Waals surface area contributed by atoms with E-state index in [2.05, 4.69) is 15.8 Å². The quantitative estimate of drug-likeness (QED) is 0.336. The second kappa shape index (κ2) is 10.8. The van der Waals surface area contributed by atoms with Crippen LogP contribution in [0.4, 0.5) is 0 Å². The Balaban J connectivity index is 1.44. The number of ether oxygens (including phenoxy) is 1. The van der Waals surface area contributed by atoms with Gasteiger partial charge in [-0.15, -0.1) is 0 Å². The smallest absolute Gasteiger partial charge is 0.336 e. The van der Waals surface area contributed by atoms with E-state index in [1.807, 2.05) is 0 Å². The van der Waals surface area contributed by atoms with E-state index in [0.29, 0.717) is 27.9 Å². The average molecular weight is 456 g/mol. The minimum Gasteiger partial charge on any atom is -0.484 e. The Morgan fingerprint density at radius 3 is 2.53 bits per heavy atom. The highest BCUT2D eigenvalue weighted by molar-refractivity contribution is 6.30. The number of hydrogen-bond donors (Lipinski definition) is 3. The molecule has 0 spiro atoms. The van der Waals surface area contributed by atoms with Crippen molar-refractivity contribution < 1.29 is 28.6 Å². The van der Waals surface area contributed by atoms with Crippen molar-refractivity contribution in [2.75, 3.05) is 13.2 Å². The largest absolute Gasteiger partial charge is 0.484 e. The highest BCUT2D eigenvalue weighted by Crippen LogP contribution is 2.25. The van der Waals surface area contributed by atoms with Gasteiger partial charge in [-0.25, -0.2) is 10.2 Å². The first kappa shape index (κ1) is 22.6. The van der Waals surface area contributed by atoms with E-state index in [1.165, 1.54) is 12.3 Å². The van der Waals surface area contributed by atoms with E-state index in [-0.39, 0.29) is 18.7 Å². The lowest BCUT2D eigenvalue weighted by molar-refractivity contribution is -0.127. The third-order valence-corrected chi connectivity index (χ3v) is 4.31. The number of halogens is 1. The standard InChI is InChI=1S/C22H18ClN3O6/c23-14-5-7-15(8-6-14)31-13-21(28)24-12-20(27)26-25-11-16-9-10-19(32-16)17-3-1-2-4-18(17)22(29)30/h1-11H,12-13H2,(H,24,28)(H,26,27)(H,29,30)/b25-11-. The van der Waals surface area contributed by atoms with E-state index in [4.69, 9.17) is 20.8 Å². The number of carboxylic acids is 1. The maximum atomic E-state index is 11.8. The summed E-state index contributed by atoms with van der Waals surface area (Å²) in [6, 6.07) is 16.1. The van der Waals surface area contributed by atoms with Gasteiger partial charge in [0.25, 0.3) is 11.8 Å². The molecule has 1 aromatic heterocycles. The number of furan rings is 1. The molecule has 0 aliphatic heterocycles. The molecule has 2 amide bonds. The number of amides is 2. The summed E-state index contributed by atoms with van der Waals surface area (Å²) in [6.45, 7) is -0.555. The summed E-state index contributed by atoms with van der Waals surface area (Å²) in [4.78, 5) is 34.9. The van der Waals surface area contributed by atoms with Crippen LogP contribution in [0, 0.1) is 0 Å². The molecule has 10 heteroatoms. The van der Waals surface area contributed by atoms with Crippen molar-refractivity contribution in [3.63, 3.8) is 0 Å². The van der Waals surface area contributed by atoms with Crippen LogP contribution in [0.25, 0.3) is 11.3 Å². The summed E-state index contributed by atoms with van der Waals surface area (Å²) in [5.74, 6) is -0.969. The van der Waals surface area contributed by atoms with Gasteiger partial charge in [-0.1, -0.05) is 29.8 Å². The van der Waals surface area contributed by atoms with E-state index in [9.17, 15) is 19.5 Å². The monoisotopic (exact) mass is 455 g/mol. The third kappa shape index (κ3) is 6.44. The number of hydrazone groups is 1. The van der Waals surface area contributed by atoms with Gasteiger partial charge < -0.3 is 19.6 Å². The minimum atomic E-state index is -1.07. The molecule has 9 nitrogen and oxygen atoms in total. The van der Waals surface area contributed by atoms with Crippen LogP contribution in [0.1, 0.15) is 16.1 Å². The molecule has 0 fully saturated rings. The SMILES string of the molecule is O=C(COc1ccc(Cl)cc1)NCC(=O)N/N=C\c1ccc(-c2ccccc2C(=O)O)o1. The Hall–Kier alpha value is -4.11. The first-order valence-electron chi connectivity index (χ1n) is 9.32. The fourth-order valence-electron chi connectivity index (χ4n) is 2.57. The highest BCUT2D eigenvalue weighted by Gasteiger charge is 2.13. The number of carboxylic acid groups (broad SMARTS) is 1. The molecule has 0 bridgehead atoms. The maximum absolute atomic E-state index is 11.8. The summed E-state index contributed by atoms with van der Waals surface area (Å²) in [5.41, 5.74) is 2.78. The van der Waals surface area contributed by atoms with E-state index in [1.54, 1.807) is 54.6 Å². The van der Waals surface area contributed by atoms with Crippen LogP contribution in [0.15, 0.2) is 70.2 Å². The molecular weight excluding hydrogens is 438 g/mol. The Labute approximate surface area is 187 Å². The fourth-order valence-corrected chi connectivity index (χ4v) is 2.69. The Kier molecular flexibility index (Phi) is 7.60. The summed E-state index contributed by atoms with van der Waals surface area (Å²) in [6.07, 6.45) is 1.26. The van der Waals surface area contributed by atoms with Gasteiger partial charge in [0.15, 0.2) is 6.61 Å². The first-order valence-corrected chi connectivity index (χ1v) is 9.69. The van der Waals surface area contributed by atoms with Crippen LogP contribution in [-0.2, 0) is 9.59 Å². The number of benzene rings is 2. The molecule has 0 aliphatic carbocycles. The minimum absolute atomic E-state index is 0.106. The van der Waals surface area contributed by atoms with Gasteiger partial charge in [-0.05, 0) is 42.5 Å². The summed E-state index contributed by atoms with van der Waals surface area (Å²) in [7, 11) is 0. The molecule has 2 aromatic carbocycles. The van der Waals surface area contributed by atoms with Gasteiger partial charge in [-0.3, -0.25) is 9.59 Å². The lowest BCUT2D eigenvalue weighted by Gasteiger charge is -2.06. The van der Waals surface area contributed by atoms with Crippen LogP contribution >= 0.6 is 11.6 Å². The van der Waals surface area contributed by atoms with E-state index in [0.717, 1.165) is 0 Å². The topological polar surface area (TPSA) is 130 Å². The lowest BCUT2D eigenvalue weighted by atomic mass is 10.1. The summed E-state index contributed by atoms with van der Waals surface area (Å²) < 4.78 is 10.8. The second-order valence-electron chi connectivity index (χ2n) is 6.37. The molecule has 32 heavy (non-hydrogen) atoms. The van der Waals surface area contributed by atoms with Gasteiger partial charge in [0, 0.05) is 10.6 Å². The van der Waals surface area contributed by atoms with Gasteiger partial charge in [0.2, 0.25) is 0 Å². The van der Waals surface area contributed by atoms with Gasteiger partial charge in [0.05, 0.1) is 18.3 Å². The zero-order valence-electron chi connectivity index (χ0n) is 16.6. The van der Waals surface area contributed by atoms with E-state index < -0.39 is 17.8 Å². The highest BCUT2D eigenvalue weighted by atomic mass is 35.5. The summed E-state index contributed by atoms with van der Waals surface area (Å²) >= 11 is 5.77.